The first-order valence-corrected chi connectivity index (χ1v) is 8.18. The third kappa shape index (κ3) is 2.55. The molecule has 4 aromatic rings. The van der Waals surface area contributed by atoms with Crippen LogP contribution in [0.3, 0.4) is 0 Å². The van der Waals surface area contributed by atoms with E-state index in [1.807, 2.05) is 24.3 Å². The van der Waals surface area contributed by atoms with Crippen molar-refractivity contribution in [2.24, 2.45) is 0 Å². The minimum absolute atomic E-state index is 0.192. The number of aromatic amines is 1. The highest BCUT2D eigenvalue weighted by Gasteiger charge is 2.10. The van der Waals surface area contributed by atoms with E-state index in [1.165, 1.54) is 11.3 Å². The van der Waals surface area contributed by atoms with Gasteiger partial charge in [0.1, 0.15) is 0 Å². The second kappa shape index (κ2) is 5.86. The predicted molar refractivity (Wildman–Crippen MR) is 93.2 cm³/mol. The van der Waals surface area contributed by atoms with Gasteiger partial charge in [-0.1, -0.05) is 18.2 Å². The molecule has 1 amide bonds. The summed E-state index contributed by atoms with van der Waals surface area (Å²) in [6.45, 7) is 0.233. The summed E-state index contributed by atoms with van der Waals surface area (Å²) in [5.74, 6) is -0.192. The fourth-order valence-corrected chi connectivity index (χ4v) is 3.28. The Labute approximate surface area is 140 Å². The lowest BCUT2D eigenvalue weighted by molar-refractivity contribution is 0.0950. The molecule has 0 radical (unpaired) electrons. The predicted octanol–water partition coefficient (Wildman–Crippen LogP) is 2.46. The van der Waals surface area contributed by atoms with E-state index in [9.17, 15) is 9.59 Å². The normalized spacial score (nSPS) is 11.0. The van der Waals surface area contributed by atoms with Crippen LogP contribution in [0.25, 0.3) is 21.0 Å². The van der Waals surface area contributed by atoms with Gasteiger partial charge in [-0.25, -0.2) is 10.1 Å². The van der Waals surface area contributed by atoms with E-state index in [-0.39, 0.29) is 18.0 Å². The zero-order valence-electron chi connectivity index (χ0n) is 12.4. The molecular weight excluding hydrogens is 324 g/mol. The van der Waals surface area contributed by atoms with Gasteiger partial charge in [-0.3, -0.25) is 9.59 Å². The van der Waals surface area contributed by atoms with Gasteiger partial charge in [0, 0.05) is 10.9 Å². The standard InChI is InChI=1S/C17H12N4O2S/c22-16(10-5-6-13-15(7-10)24-9-19-13)18-8-14-11-3-1-2-4-12(11)17(23)21-20-14/h1-7,9H,8H2,(H,18,22)(H,21,23). The van der Waals surface area contributed by atoms with Gasteiger partial charge in [-0.05, 0) is 24.3 Å². The number of hydrogen-bond acceptors (Lipinski definition) is 5. The molecule has 0 atom stereocenters. The summed E-state index contributed by atoms with van der Waals surface area (Å²) < 4.78 is 0.968. The summed E-state index contributed by atoms with van der Waals surface area (Å²) in [5, 5.41) is 10.7. The molecule has 0 aliphatic rings. The van der Waals surface area contributed by atoms with Gasteiger partial charge in [-0.2, -0.15) is 5.10 Å². The van der Waals surface area contributed by atoms with Crippen LogP contribution in [0.4, 0.5) is 0 Å². The molecule has 0 saturated heterocycles. The van der Waals surface area contributed by atoms with Gasteiger partial charge in [0.2, 0.25) is 0 Å². The van der Waals surface area contributed by atoms with Crippen LogP contribution in [0.2, 0.25) is 0 Å². The maximum atomic E-state index is 12.4. The van der Waals surface area contributed by atoms with E-state index in [2.05, 4.69) is 20.5 Å². The fourth-order valence-electron chi connectivity index (χ4n) is 2.57. The SMILES string of the molecule is O=C(NCc1n[nH]c(=O)c2ccccc12)c1ccc2ncsc2c1. The Morgan fingerprint density at radius 3 is 2.88 bits per heavy atom. The number of carbonyl (C=O) groups excluding carboxylic acids is 1. The summed E-state index contributed by atoms with van der Waals surface area (Å²) in [7, 11) is 0. The molecule has 2 aromatic heterocycles. The number of hydrogen-bond donors (Lipinski definition) is 2. The van der Waals surface area contributed by atoms with Crippen molar-refractivity contribution in [2.45, 2.75) is 6.54 Å². The molecule has 0 fully saturated rings. The van der Waals surface area contributed by atoms with Gasteiger partial charge >= 0.3 is 0 Å². The molecule has 2 heterocycles. The Hall–Kier alpha value is -3.06. The Morgan fingerprint density at radius 1 is 1.17 bits per heavy atom. The Kier molecular flexibility index (Phi) is 3.55. The highest BCUT2D eigenvalue weighted by molar-refractivity contribution is 7.16. The minimum atomic E-state index is -0.240. The van der Waals surface area contributed by atoms with Crippen molar-refractivity contribution in [1.82, 2.24) is 20.5 Å². The van der Waals surface area contributed by atoms with Crippen LogP contribution in [0.1, 0.15) is 16.1 Å². The zero-order valence-corrected chi connectivity index (χ0v) is 13.3. The van der Waals surface area contributed by atoms with Gasteiger partial charge in [0.25, 0.3) is 11.5 Å². The Morgan fingerprint density at radius 2 is 2.00 bits per heavy atom. The number of benzene rings is 2. The molecule has 0 unspecified atom stereocenters. The molecule has 118 valence electrons. The molecule has 2 aromatic carbocycles. The highest BCUT2D eigenvalue weighted by Crippen LogP contribution is 2.19. The van der Waals surface area contributed by atoms with Crippen molar-refractivity contribution in [2.75, 3.05) is 0 Å². The lowest BCUT2D eigenvalue weighted by Crippen LogP contribution is -2.24. The number of amides is 1. The lowest BCUT2D eigenvalue weighted by Gasteiger charge is -2.07. The summed E-state index contributed by atoms with van der Waals surface area (Å²) in [6.07, 6.45) is 0. The van der Waals surface area contributed by atoms with Crippen molar-refractivity contribution in [1.29, 1.82) is 0 Å². The molecule has 4 rings (SSSR count). The number of rotatable bonds is 3. The van der Waals surface area contributed by atoms with E-state index in [0.29, 0.717) is 16.6 Å². The maximum Gasteiger partial charge on any atom is 0.272 e. The third-order valence-corrected chi connectivity index (χ3v) is 4.58. The highest BCUT2D eigenvalue weighted by atomic mass is 32.1. The average molecular weight is 336 g/mol. The van der Waals surface area contributed by atoms with Gasteiger partial charge < -0.3 is 5.32 Å². The monoisotopic (exact) mass is 336 g/mol. The van der Waals surface area contributed by atoms with E-state index in [4.69, 9.17) is 0 Å². The summed E-state index contributed by atoms with van der Waals surface area (Å²) in [6, 6.07) is 12.6. The van der Waals surface area contributed by atoms with E-state index in [1.54, 1.807) is 23.7 Å². The maximum absolute atomic E-state index is 12.4. The Balaban J connectivity index is 1.59. The molecule has 0 aliphatic heterocycles. The topological polar surface area (TPSA) is 87.7 Å². The first-order chi connectivity index (χ1) is 11.7. The summed E-state index contributed by atoms with van der Waals surface area (Å²) in [4.78, 5) is 28.3. The molecule has 7 heteroatoms. The van der Waals surface area contributed by atoms with Crippen LogP contribution in [0, 0.1) is 0 Å². The largest absolute Gasteiger partial charge is 0.346 e. The smallest absolute Gasteiger partial charge is 0.272 e. The second-order valence-corrected chi connectivity index (χ2v) is 6.15. The second-order valence-electron chi connectivity index (χ2n) is 5.26. The Bertz CT molecular complexity index is 1120. The van der Waals surface area contributed by atoms with E-state index in [0.717, 1.165) is 15.6 Å². The number of H-pyrrole nitrogens is 1. The molecular formula is C17H12N4O2S. The summed E-state index contributed by atoms with van der Waals surface area (Å²) >= 11 is 1.49. The third-order valence-electron chi connectivity index (χ3n) is 3.78. The van der Waals surface area contributed by atoms with Crippen molar-refractivity contribution in [3.05, 3.63) is 69.6 Å². The van der Waals surface area contributed by atoms with Crippen molar-refractivity contribution in [3.63, 3.8) is 0 Å². The minimum Gasteiger partial charge on any atom is -0.346 e. The fraction of sp³-hybridized carbons (Fsp3) is 0.0588. The van der Waals surface area contributed by atoms with E-state index < -0.39 is 0 Å². The van der Waals surface area contributed by atoms with Crippen molar-refractivity contribution < 1.29 is 4.79 Å². The van der Waals surface area contributed by atoms with Gasteiger partial charge in [0.05, 0.1) is 33.4 Å². The zero-order chi connectivity index (χ0) is 16.5. The number of thiazole rings is 1. The van der Waals surface area contributed by atoms with Crippen LogP contribution in [-0.4, -0.2) is 21.1 Å². The molecule has 2 N–H and O–H groups in total. The van der Waals surface area contributed by atoms with Crippen LogP contribution in [0.5, 0.6) is 0 Å². The van der Waals surface area contributed by atoms with Crippen molar-refractivity contribution in [3.8, 4) is 0 Å². The number of nitrogens with zero attached hydrogens (tertiary/aromatic N) is 2. The molecule has 6 nitrogen and oxygen atoms in total. The van der Waals surface area contributed by atoms with Crippen LogP contribution < -0.4 is 10.9 Å². The number of carbonyl (C=O) groups is 1. The molecule has 0 spiro atoms. The number of fused-ring (bicyclic) bond motifs is 2. The number of aromatic nitrogens is 3. The van der Waals surface area contributed by atoms with Gasteiger partial charge in [0.15, 0.2) is 0 Å². The van der Waals surface area contributed by atoms with Crippen molar-refractivity contribution >= 4 is 38.2 Å². The van der Waals surface area contributed by atoms with E-state index >= 15 is 0 Å². The number of nitrogens with one attached hydrogen (secondary N) is 2. The van der Waals surface area contributed by atoms with Crippen LogP contribution in [-0.2, 0) is 6.54 Å². The van der Waals surface area contributed by atoms with Crippen LogP contribution >= 0.6 is 11.3 Å². The van der Waals surface area contributed by atoms with Crippen LogP contribution in [0.15, 0.2) is 52.8 Å². The first-order valence-electron chi connectivity index (χ1n) is 7.30. The average Bonchev–Trinajstić information content (AvgIpc) is 3.09. The quantitative estimate of drug-likeness (QED) is 0.601. The molecule has 0 bridgehead atoms. The lowest BCUT2D eigenvalue weighted by atomic mass is 10.1. The first kappa shape index (κ1) is 14.5. The molecule has 0 aliphatic carbocycles. The molecule has 24 heavy (non-hydrogen) atoms. The molecule has 0 saturated carbocycles. The van der Waals surface area contributed by atoms with Gasteiger partial charge in [-0.15, -0.1) is 11.3 Å². The summed E-state index contributed by atoms with van der Waals surface area (Å²) in [5.41, 5.74) is 3.59.